The van der Waals surface area contributed by atoms with Crippen LogP contribution < -0.4 is 10.3 Å². The summed E-state index contributed by atoms with van der Waals surface area (Å²) in [5.41, 5.74) is 4.61. The second-order valence-corrected chi connectivity index (χ2v) is 7.34. The fourth-order valence-electron chi connectivity index (χ4n) is 3.75. The first-order valence-electron chi connectivity index (χ1n) is 9.88. The predicted molar refractivity (Wildman–Crippen MR) is 117 cm³/mol. The minimum atomic E-state index is -0.459. The second kappa shape index (κ2) is 8.10. The van der Waals surface area contributed by atoms with Crippen molar-refractivity contribution in [3.63, 3.8) is 0 Å². The van der Waals surface area contributed by atoms with Gasteiger partial charge in [-0.2, -0.15) is 0 Å². The van der Waals surface area contributed by atoms with Crippen LogP contribution in [0.25, 0.3) is 11.3 Å². The van der Waals surface area contributed by atoms with Crippen LogP contribution in [0.3, 0.4) is 0 Å². The topological polar surface area (TPSA) is 74.8 Å². The lowest BCUT2D eigenvalue weighted by Gasteiger charge is -2.11. The number of hydrogen-bond donors (Lipinski definition) is 0. The molecule has 0 bridgehead atoms. The summed E-state index contributed by atoms with van der Waals surface area (Å²) in [6.45, 7) is 5.57. The molecule has 7 nitrogen and oxygen atoms in total. The van der Waals surface area contributed by atoms with Gasteiger partial charge in [-0.3, -0.25) is 9.20 Å². The van der Waals surface area contributed by atoms with Crippen LogP contribution in [0, 0.1) is 20.8 Å². The first-order valence-corrected chi connectivity index (χ1v) is 9.88. The van der Waals surface area contributed by atoms with Crippen molar-refractivity contribution < 1.29 is 14.3 Å². The molecule has 0 aliphatic rings. The quantitative estimate of drug-likeness (QED) is 0.462. The van der Waals surface area contributed by atoms with Gasteiger partial charge in [-0.25, -0.2) is 9.78 Å². The Balaban J connectivity index is 1.57. The lowest BCUT2D eigenvalue weighted by atomic mass is 10.2. The van der Waals surface area contributed by atoms with E-state index in [0.717, 1.165) is 28.5 Å². The highest BCUT2D eigenvalue weighted by Crippen LogP contribution is 2.23. The Bertz CT molecular complexity index is 1330. The zero-order valence-electron chi connectivity index (χ0n) is 17.9. The zero-order valence-corrected chi connectivity index (χ0v) is 17.9. The third-order valence-electron chi connectivity index (χ3n) is 5.27. The molecule has 3 aromatic heterocycles. The summed E-state index contributed by atoms with van der Waals surface area (Å²) < 4.78 is 14.2. The second-order valence-electron chi connectivity index (χ2n) is 7.34. The average Bonchev–Trinajstić information content (AvgIpc) is 3.06. The maximum absolute atomic E-state index is 12.8. The van der Waals surface area contributed by atoms with E-state index in [4.69, 9.17) is 9.47 Å². The van der Waals surface area contributed by atoms with Gasteiger partial charge in [0, 0.05) is 28.8 Å². The summed E-state index contributed by atoms with van der Waals surface area (Å²) in [5.74, 6) is 0.305. The molecule has 0 saturated heterocycles. The minimum Gasteiger partial charge on any atom is -0.497 e. The average molecular weight is 417 g/mol. The number of fused-ring (bicyclic) bond motifs is 1. The molecule has 7 heteroatoms. The number of esters is 1. The van der Waals surface area contributed by atoms with Crippen LogP contribution >= 0.6 is 0 Å². The number of aromatic nitrogens is 3. The molecule has 31 heavy (non-hydrogen) atoms. The van der Waals surface area contributed by atoms with Gasteiger partial charge in [0.25, 0.3) is 5.56 Å². The molecule has 3 heterocycles. The summed E-state index contributed by atoms with van der Waals surface area (Å²) >= 11 is 0. The largest absolute Gasteiger partial charge is 0.497 e. The minimum absolute atomic E-state index is 0.0787. The van der Waals surface area contributed by atoms with E-state index < -0.39 is 5.97 Å². The van der Waals surface area contributed by atoms with Gasteiger partial charge in [-0.1, -0.05) is 6.07 Å². The Morgan fingerprint density at radius 2 is 1.74 bits per heavy atom. The fraction of sp³-hybridized carbons (Fsp3) is 0.208. The number of methoxy groups -OCH3 is 1. The van der Waals surface area contributed by atoms with Crippen LogP contribution in [0.1, 0.15) is 33.1 Å². The Labute approximate surface area is 179 Å². The van der Waals surface area contributed by atoms with Crippen molar-refractivity contribution in [2.24, 2.45) is 0 Å². The molecule has 0 amide bonds. The van der Waals surface area contributed by atoms with E-state index in [2.05, 4.69) is 4.98 Å². The Morgan fingerprint density at radius 1 is 1.00 bits per heavy atom. The molecular weight excluding hydrogens is 394 g/mol. The van der Waals surface area contributed by atoms with E-state index in [1.54, 1.807) is 19.2 Å². The molecule has 0 atom stereocenters. The first-order chi connectivity index (χ1) is 14.9. The van der Waals surface area contributed by atoms with Crippen LogP contribution in [-0.2, 0) is 11.3 Å². The Hall–Kier alpha value is -3.87. The normalized spacial score (nSPS) is 11.0. The van der Waals surface area contributed by atoms with Gasteiger partial charge in [-0.05, 0) is 63.2 Å². The zero-order chi connectivity index (χ0) is 22.1. The summed E-state index contributed by atoms with van der Waals surface area (Å²) in [5, 5.41) is 0. The van der Waals surface area contributed by atoms with Gasteiger partial charge in [-0.15, -0.1) is 0 Å². The summed E-state index contributed by atoms with van der Waals surface area (Å²) in [6.07, 6.45) is 0. The number of carbonyl (C=O) groups excluding carboxylic acids is 1. The van der Waals surface area contributed by atoms with E-state index in [1.807, 2.05) is 61.7 Å². The van der Waals surface area contributed by atoms with E-state index in [0.29, 0.717) is 16.9 Å². The molecule has 4 rings (SSSR count). The maximum Gasteiger partial charge on any atom is 0.340 e. The number of benzene rings is 1. The SMILES string of the molecule is COc1ccc(-n2c(C)cc(C(=O)OCc3cc(=O)n4c(C)cccc4n3)c2C)cc1. The number of carbonyl (C=O) groups is 1. The third-order valence-corrected chi connectivity index (χ3v) is 5.27. The molecule has 0 aliphatic carbocycles. The molecule has 0 aliphatic heterocycles. The van der Waals surface area contributed by atoms with Gasteiger partial charge in [0.1, 0.15) is 18.0 Å². The van der Waals surface area contributed by atoms with Gasteiger partial charge >= 0.3 is 5.97 Å². The highest BCUT2D eigenvalue weighted by Gasteiger charge is 2.18. The van der Waals surface area contributed by atoms with Crippen LogP contribution in [0.4, 0.5) is 0 Å². The lowest BCUT2D eigenvalue weighted by Crippen LogP contribution is -2.18. The number of aryl methyl sites for hydroxylation is 2. The van der Waals surface area contributed by atoms with Gasteiger partial charge in [0.15, 0.2) is 0 Å². The standard InChI is InChI=1S/C24H23N3O4/c1-15-6-5-7-22-25-18(13-23(28)27(15)22)14-31-24(29)21-12-16(2)26(17(21)3)19-8-10-20(30-4)11-9-19/h5-13H,14H2,1-4H3. The Kier molecular flexibility index (Phi) is 5.33. The van der Waals surface area contributed by atoms with Crippen LogP contribution in [0.2, 0.25) is 0 Å². The van der Waals surface area contributed by atoms with Crippen molar-refractivity contribution in [2.75, 3.05) is 7.11 Å². The van der Waals surface area contributed by atoms with E-state index in [9.17, 15) is 9.59 Å². The molecule has 0 saturated carbocycles. The first kappa shape index (κ1) is 20.4. The predicted octanol–water partition coefficient (Wildman–Crippen LogP) is 3.78. The van der Waals surface area contributed by atoms with E-state index in [1.165, 1.54) is 10.5 Å². The lowest BCUT2D eigenvalue weighted by molar-refractivity contribution is 0.0467. The fourth-order valence-corrected chi connectivity index (χ4v) is 3.75. The van der Waals surface area contributed by atoms with Gasteiger partial charge < -0.3 is 14.0 Å². The molecular formula is C24H23N3O4. The summed E-state index contributed by atoms with van der Waals surface area (Å²) in [6, 6.07) is 16.2. The van der Waals surface area contributed by atoms with Crippen molar-refractivity contribution in [1.82, 2.24) is 14.0 Å². The number of ether oxygens (including phenoxy) is 2. The van der Waals surface area contributed by atoms with E-state index in [-0.39, 0.29) is 12.2 Å². The van der Waals surface area contributed by atoms with Crippen LogP contribution in [0.5, 0.6) is 5.75 Å². The monoisotopic (exact) mass is 417 g/mol. The molecule has 158 valence electrons. The third kappa shape index (κ3) is 3.82. The van der Waals surface area contributed by atoms with Crippen molar-refractivity contribution in [3.05, 3.63) is 93.3 Å². The van der Waals surface area contributed by atoms with Crippen molar-refractivity contribution in [3.8, 4) is 11.4 Å². The maximum atomic E-state index is 12.8. The molecule has 0 radical (unpaired) electrons. The van der Waals surface area contributed by atoms with Gasteiger partial charge in [0.2, 0.25) is 0 Å². The molecule has 0 fully saturated rings. The van der Waals surface area contributed by atoms with Crippen LogP contribution in [0.15, 0.2) is 59.4 Å². The van der Waals surface area contributed by atoms with Crippen molar-refractivity contribution in [1.29, 1.82) is 0 Å². The summed E-state index contributed by atoms with van der Waals surface area (Å²) in [4.78, 5) is 29.6. The van der Waals surface area contributed by atoms with Crippen LogP contribution in [-0.4, -0.2) is 27.0 Å². The number of rotatable bonds is 5. The molecule has 4 aromatic rings. The highest BCUT2D eigenvalue weighted by molar-refractivity contribution is 5.91. The van der Waals surface area contributed by atoms with Crippen molar-refractivity contribution in [2.45, 2.75) is 27.4 Å². The smallest absolute Gasteiger partial charge is 0.340 e. The molecule has 1 aromatic carbocycles. The number of hydrogen-bond acceptors (Lipinski definition) is 5. The number of pyridine rings is 1. The molecule has 0 unspecified atom stereocenters. The van der Waals surface area contributed by atoms with Gasteiger partial charge in [0.05, 0.1) is 18.4 Å². The molecule has 0 N–H and O–H groups in total. The van der Waals surface area contributed by atoms with Crippen molar-refractivity contribution >= 4 is 11.6 Å². The van der Waals surface area contributed by atoms with E-state index >= 15 is 0 Å². The molecule has 0 spiro atoms. The highest BCUT2D eigenvalue weighted by atomic mass is 16.5. The Morgan fingerprint density at radius 3 is 2.45 bits per heavy atom. The number of nitrogens with zero attached hydrogens (tertiary/aromatic N) is 3. The summed E-state index contributed by atoms with van der Waals surface area (Å²) in [7, 11) is 1.62.